The van der Waals surface area contributed by atoms with E-state index in [4.69, 9.17) is 4.74 Å². The molecule has 3 rings (SSSR count). The summed E-state index contributed by atoms with van der Waals surface area (Å²) in [5.74, 6) is -1.25. The SMILES string of the molecule is COC1(Br)C(=O)N2C(C(=O)c3ccccc3)=C(C)CS(=O)(=O)[C@H]21. The molecule has 1 amide bonds. The van der Waals surface area contributed by atoms with Crippen LogP contribution in [-0.2, 0) is 19.4 Å². The molecule has 1 aromatic carbocycles. The molecule has 0 saturated carbocycles. The van der Waals surface area contributed by atoms with Crippen molar-refractivity contribution in [1.29, 1.82) is 0 Å². The lowest BCUT2D eigenvalue weighted by atomic mass is 9.99. The van der Waals surface area contributed by atoms with Gasteiger partial charge in [0.15, 0.2) is 15.2 Å². The minimum absolute atomic E-state index is 0.119. The molecule has 0 N–H and O–H groups in total. The van der Waals surface area contributed by atoms with E-state index in [-0.39, 0.29) is 17.2 Å². The van der Waals surface area contributed by atoms with Crippen LogP contribution in [0.4, 0.5) is 0 Å². The third-order valence-corrected chi connectivity index (χ3v) is 7.47. The Labute approximate surface area is 142 Å². The predicted octanol–water partition coefficient (Wildman–Crippen LogP) is 1.48. The number of sulfone groups is 1. The van der Waals surface area contributed by atoms with Crippen molar-refractivity contribution in [3.63, 3.8) is 0 Å². The largest absolute Gasteiger partial charge is 0.355 e. The van der Waals surface area contributed by atoms with Crippen molar-refractivity contribution in [2.45, 2.75) is 16.8 Å². The maximum atomic E-state index is 12.8. The quantitative estimate of drug-likeness (QED) is 0.436. The van der Waals surface area contributed by atoms with Gasteiger partial charge in [0.1, 0.15) is 0 Å². The van der Waals surface area contributed by atoms with Gasteiger partial charge >= 0.3 is 0 Å². The highest BCUT2D eigenvalue weighted by molar-refractivity contribution is 9.10. The minimum Gasteiger partial charge on any atom is -0.355 e. The molecule has 2 heterocycles. The summed E-state index contributed by atoms with van der Waals surface area (Å²) in [6.07, 6.45) is 0. The second-order valence-electron chi connectivity index (χ2n) is 5.51. The number of ketones is 1. The van der Waals surface area contributed by atoms with E-state index >= 15 is 0 Å². The summed E-state index contributed by atoms with van der Waals surface area (Å²) in [7, 11) is -2.40. The van der Waals surface area contributed by atoms with Crippen molar-refractivity contribution in [2.24, 2.45) is 0 Å². The van der Waals surface area contributed by atoms with E-state index in [9.17, 15) is 18.0 Å². The summed E-state index contributed by atoms with van der Waals surface area (Å²) in [5, 5.41) is -1.24. The number of ether oxygens (including phenoxy) is 1. The molecular weight excluding hydrogens is 386 g/mol. The van der Waals surface area contributed by atoms with E-state index in [0.717, 1.165) is 4.90 Å². The molecule has 1 saturated heterocycles. The molecule has 0 radical (unpaired) electrons. The second-order valence-corrected chi connectivity index (χ2v) is 8.75. The molecule has 1 aromatic rings. The first kappa shape index (κ1) is 16.4. The van der Waals surface area contributed by atoms with Crippen molar-refractivity contribution < 1.29 is 22.7 Å². The summed E-state index contributed by atoms with van der Waals surface area (Å²) >= 11 is 3.08. The molecular formula is C15H14BrNO5S. The number of β-lactam (4-membered cyclic amide) rings is 1. The Kier molecular flexibility index (Phi) is 3.74. The first-order chi connectivity index (χ1) is 10.7. The monoisotopic (exact) mass is 399 g/mol. The molecule has 0 aromatic heterocycles. The van der Waals surface area contributed by atoms with E-state index in [2.05, 4.69) is 15.9 Å². The fourth-order valence-corrected chi connectivity index (χ4v) is 6.29. The highest BCUT2D eigenvalue weighted by Gasteiger charge is 2.69. The van der Waals surface area contributed by atoms with Gasteiger partial charge in [-0.25, -0.2) is 8.42 Å². The molecule has 2 aliphatic rings. The lowest BCUT2D eigenvalue weighted by Gasteiger charge is -2.53. The number of nitrogens with zero attached hydrogens (tertiary/aromatic N) is 1. The molecule has 0 bridgehead atoms. The third kappa shape index (κ3) is 2.20. The van der Waals surface area contributed by atoms with Crippen molar-refractivity contribution in [1.82, 2.24) is 4.90 Å². The zero-order valence-electron chi connectivity index (χ0n) is 12.4. The molecule has 2 aliphatic heterocycles. The molecule has 0 spiro atoms. The number of alkyl halides is 1. The Bertz CT molecular complexity index is 833. The summed E-state index contributed by atoms with van der Waals surface area (Å²) in [6, 6.07) is 8.45. The highest BCUT2D eigenvalue weighted by Crippen LogP contribution is 2.48. The molecule has 0 aliphatic carbocycles. The standard InChI is InChI=1S/C15H14BrNO5S/c1-9-8-23(20,21)14-15(16,22-2)13(19)17(14)11(9)12(18)10-6-4-3-5-7-10/h3-7,14H,8H2,1-2H3/t14-,15?/m0/s1. The summed E-state index contributed by atoms with van der Waals surface area (Å²) in [6.45, 7) is 1.55. The number of Topliss-reactive ketones (excluding diaryl/α,β-unsaturated/α-hetero) is 1. The molecule has 1 unspecified atom stereocenters. The van der Waals surface area contributed by atoms with Crippen molar-refractivity contribution in [2.75, 3.05) is 12.9 Å². The van der Waals surface area contributed by atoms with Gasteiger partial charge in [0.25, 0.3) is 5.91 Å². The molecule has 23 heavy (non-hydrogen) atoms. The van der Waals surface area contributed by atoms with Crippen molar-refractivity contribution >= 4 is 37.5 Å². The van der Waals surface area contributed by atoms with Crippen LogP contribution < -0.4 is 0 Å². The van der Waals surface area contributed by atoms with E-state index in [0.29, 0.717) is 11.1 Å². The summed E-state index contributed by atoms with van der Waals surface area (Å²) in [4.78, 5) is 26.2. The number of allylic oxidation sites excluding steroid dienone is 1. The van der Waals surface area contributed by atoms with Crippen LogP contribution in [0.25, 0.3) is 0 Å². The summed E-state index contributed by atoms with van der Waals surface area (Å²) < 4.78 is 28.3. The number of hydrogen-bond acceptors (Lipinski definition) is 5. The Morgan fingerprint density at radius 2 is 1.96 bits per heavy atom. The smallest absolute Gasteiger partial charge is 0.275 e. The van der Waals surface area contributed by atoms with Gasteiger partial charge in [0.05, 0.1) is 11.4 Å². The fourth-order valence-electron chi connectivity index (χ4n) is 2.96. The third-order valence-electron chi connectivity index (χ3n) is 4.01. The minimum atomic E-state index is -3.65. The van der Waals surface area contributed by atoms with Gasteiger partial charge in [-0.2, -0.15) is 0 Å². The first-order valence-corrected chi connectivity index (χ1v) is 9.33. The normalized spacial score (nSPS) is 29.1. The maximum absolute atomic E-state index is 12.8. The lowest BCUT2D eigenvalue weighted by molar-refractivity contribution is -0.163. The molecule has 122 valence electrons. The van der Waals surface area contributed by atoms with Crippen LogP contribution in [0.3, 0.4) is 0 Å². The Hall–Kier alpha value is -1.51. The average Bonchev–Trinajstić information content (AvgIpc) is 2.52. The number of hydrogen-bond donors (Lipinski definition) is 0. The number of fused-ring (bicyclic) bond motifs is 1. The Morgan fingerprint density at radius 1 is 1.35 bits per heavy atom. The van der Waals surface area contributed by atoms with E-state index in [1.807, 2.05) is 0 Å². The van der Waals surface area contributed by atoms with Gasteiger partial charge in [-0.3, -0.25) is 14.5 Å². The highest BCUT2D eigenvalue weighted by atomic mass is 79.9. The fraction of sp³-hybridized carbons (Fsp3) is 0.333. The van der Waals surface area contributed by atoms with E-state index < -0.39 is 25.6 Å². The topological polar surface area (TPSA) is 80.8 Å². The van der Waals surface area contributed by atoms with Crippen LogP contribution >= 0.6 is 15.9 Å². The van der Waals surface area contributed by atoms with Crippen LogP contribution in [0, 0.1) is 0 Å². The zero-order chi connectivity index (χ0) is 17.0. The van der Waals surface area contributed by atoms with E-state index in [1.165, 1.54) is 7.11 Å². The van der Waals surface area contributed by atoms with Gasteiger partial charge in [0.2, 0.25) is 10.3 Å². The number of methoxy groups -OCH3 is 1. The van der Waals surface area contributed by atoms with Crippen LogP contribution in [0.5, 0.6) is 0 Å². The zero-order valence-corrected chi connectivity index (χ0v) is 14.8. The van der Waals surface area contributed by atoms with Crippen LogP contribution in [0.2, 0.25) is 0 Å². The summed E-state index contributed by atoms with van der Waals surface area (Å²) in [5.41, 5.74) is 0.874. The van der Waals surface area contributed by atoms with Crippen molar-refractivity contribution in [3.05, 3.63) is 47.2 Å². The van der Waals surface area contributed by atoms with Gasteiger partial charge in [-0.05, 0) is 28.4 Å². The van der Waals surface area contributed by atoms with E-state index in [1.54, 1.807) is 37.3 Å². The number of benzene rings is 1. The van der Waals surface area contributed by atoms with Crippen LogP contribution in [-0.4, -0.2) is 47.8 Å². The first-order valence-electron chi connectivity index (χ1n) is 6.83. The number of halogens is 1. The van der Waals surface area contributed by atoms with Gasteiger partial charge < -0.3 is 4.74 Å². The molecule has 2 atom stereocenters. The second kappa shape index (κ2) is 5.25. The Morgan fingerprint density at radius 3 is 2.52 bits per heavy atom. The number of carbonyl (C=O) groups is 2. The number of rotatable bonds is 3. The van der Waals surface area contributed by atoms with Crippen molar-refractivity contribution in [3.8, 4) is 0 Å². The molecule has 6 nitrogen and oxygen atoms in total. The maximum Gasteiger partial charge on any atom is 0.275 e. The number of carbonyl (C=O) groups excluding carboxylic acids is 2. The van der Waals surface area contributed by atoms with Gasteiger partial charge in [0, 0.05) is 12.7 Å². The van der Waals surface area contributed by atoms with Crippen LogP contribution in [0.1, 0.15) is 17.3 Å². The number of amides is 1. The van der Waals surface area contributed by atoms with Gasteiger partial charge in [-0.15, -0.1) is 0 Å². The predicted molar refractivity (Wildman–Crippen MR) is 86.6 cm³/mol. The van der Waals surface area contributed by atoms with Gasteiger partial charge in [-0.1, -0.05) is 30.3 Å². The molecule has 8 heteroatoms. The molecule has 1 fully saturated rings. The lowest BCUT2D eigenvalue weighted by Crippen LogP contribution is -2.75. The Balaban J connectivity index is 2.12. The van der Waals surface area contributed by atoms with Crippen LogP contribution in [0.15, 0.2) is 41.6 Å². The average molecular weight is 400 g/mol.